The van der Waals surface area contributed by atoms with Crippen molar-refractivity contribution in [3.63, 3.8) is 0 Å². The van der Waals surface area contributed by atoms with E-state index in [4.69, 9.17) is 5.73 Å². The van der Waals surface area contributed by atoms with E-state index >= 15 is 0 Å². The highest BCUT2D eigenvalue weighted by Gasteiger charge is 1.95. The van der Waals surface area contributed by atoms with Crippen molar-refractivity contribution < 1.29 is 0 Å². The van der Waals surface area contributed by atoms with Gasteiger partial charge in [-0.15, -0.1) is 5.10 Å². The molecule has 0 saturated heterocycles. The lowest BCUT2D eigenvalue weighted by atomic mass is 10.2. The Kier molecular flexibility index (Phi) is 14.3. The maximum Gasteiger partial charge on any atom is 0.0796 e. The molecule has 0 atom stereocenters. The van der Waals surface area contributed by atoms with Crippen molar-refractivity contribution >= 4 is 0 Å². The van der Waals surface area contributed by atoms with Gasteiger partial charge in [0.1, 0.15) is 0 Å². The lowest BCUT2D eigenvalue weighted by molar-refractivity contribution is 0.515. The monoisotopic (exact) mass is 311 g/mol. The van der Waals surface area contributed by atoms with Gasteiger partial charge in [0.25, 0.3) is 0 Å². The summed E-state index contributed by atoms with van der Waals surface area (Å²) in [5, 5.41) is 11.5. The summed E-state index contributed by atoms with van der Waals surface area (Å²) >= 11 is 0. The van der Waals surface area contributed by atoms with Gasteiger partial charge in [-0.3, -0.25) is 4.68 Å². The molecule has 1 rings (SSSR count). The first kappa shape index (κ1) is 21.1. The van der Waals surface area contributed by atoms with Crippen molar-refractivity contribution in [2.45, 2.75) is 72.8 Å². The van der Waals surface area contributed by atoms with Crippen molar-refractivity contribution in [3.05, 3.63) is 11.9 Å². The highest BCUT2D eigenvalue weighted by molar-refractivity contribution is 4.86. The van der Waals surface area contributed by atoms with E-state index in [9.17, 15) is 0 Å². The topological polar surface area (TPSA) is 68.8 Å². The van der Waals surface area contributed by atoms with Crippen molar-refractivity contribution in [2.75, 3.05) is 19.6 Å². The van der Waals surface area contributed by atoms with Crippen LogP contribution in [0.5, 0.6) is 0 Å². The van der Waals surface area contributed by atoms with E-state index in [0.717, 1.165) is 50.6 Å². The number of unbranched alkanes of at least 4 members (excludes halogenated alkanes) is 4. The summed E-state index contributed by atoms with van der Waals surface area (Å²) in [4.78, 5) is 0. The fourth-order valence-electron chi connectivity index (χ4n) is 1.90. The zero-order chi connectivity index (χ0) is 16.6. The molecule has 0 fully saturated rings. The first-order valence-electron chi connectivity index (χ1n) is 8.83. The van der Waals surface area contributed by atoms with Gasteiger partial charge in [0, 0.05) is 12.7 Å². The largest absolute Gasteiger partial charge is 0.330 e. The first-order chi connectivity index (χ1) is 10.6. The second-order valence-electron chi connectivity index (χ2n) is 6.52. The van der Waals surface area contributed by atoms with Gasteiger partial charge in [-0.05, 0) is 58.2 Å². The summed E-state index contributed by atoms with van der Waals surface area (Å²) in [6, 6.07) is 0. The summed E-state index contributed by atoms with van der Waals surface area (Å²) < 4.78 is 1.92. The SMILES string of the molecule is CC(C)C.Cc1cn(CCCCNCCCCCCN)nn1. The molecule has 1 aromatic rings. The van der Waals surface area contributed by atoms with E-state index in [0.29, 0.717) is 0 Å². The Morgan fingerprint density at radius 2 is 1.64 bits per heavy atom. The number of nitrogens with one attached hydrogen (secondary N) is 1. The van der Waals surface area contributed by atoms with Gasteiger partial charge in [0.15, 0.2) is 0 Å². The normalized spacial score (nSPS) is 10.6. The van der Waals surface area contributed by atoms with Crippen molar-refractivity contribution in [3.8, 4) is 0 Å². The van der Waals surface area contributed by atoms with Crippen molar-refractivity contribution in [1.82, 2.24) is 20.3 Å². The quantitative estimate of drug-likeness (QED) is 0.616. The van der Waals surface area contributed by atoms with Gasteiger partial charge in [-0.25, -0.2) is 0 Å². The number of aromatic nitrogens is 3. The molecule has 0 aliphatic rings. The van der Waals surface area contributed by atoms with Crippen molar-refractivity contribution in [1.29, 1.82) is 0 Å². The molecule has 0 spiro atoms. The van der Waals surface area contributed by atoms with Crippen LogP contribution in [0.4, 0.5) is 0 Å². The van der Waals surface area contributed by atoms with Gasteiger partial charge in [-0.2, -0.15) is 0 Å². The Morgan fingerprint density at radius 3 is 2.18 bits per heavy atom. The molecule has 0 aliphatic heterocycles. The molecule has 1 heterocycles. The number of nitrogens with two attached hydrogens (primary N) is 1. The number of aryl methyl sites for hydroxylation is 2. The molecule has 0 unspecified atom stereocenters. The molecule has 130 valence electrons. The molecular weight excluding hydrogens is 274 g/mol. The minimum atomic E-state index is 0.829. The molecule has 0 bridgehead atoms. The minimum Gasteiger partial charge on any atom is -0.330 e. The third kappa shape index (κ3) is 15.4. The number of hydrogen-bond acceptors (Lipinski definition) is 4. The summed E-state index contributed by atoms with van der Waals surface area (Å²) in [5.41, 5.74) is 6.44. The number of rotatable bonds is 11. The molecule has 0 saturated carbocycles. The van der Waals surface area contributed by atoms with E-state index in [1.807, 2.05) is 17.8 Å². The van der Waals surface area contributed by atoms with Crippen LogP contribution in [0, 0.1) is 12.8 Å². The van der Waals surface area contributed by atoms with Gasteiger partial charge in [-0.1, -0.05) is 38.8 Å². The molecule has 5 heteroatoms. The predicted octanol–water partition coefficient (Wildman–Crippen LogP) is 3.14. The number of nitrogens with zero attached hydrogens (tertiary/aromatic N) is 3. The van der Waals surface area contributed by atoms with Crippen LogP contribution in [0.15, 0.2) is 6.20 Å². The third-order valence-electron chi connectivity index (χ3n) is 2.95. The Morgan fingerprint density at radius 1 is 1.05 bits per heavy atom. The second kappa shape index (κ2) is 15.0. The molecule has 0 aromatic carbocycles. The summed E-state index contributed by atoms with van der Waals surface area (Å²) in [5.74, 6) is 0.833. The zero-order valence-electron chi connectivity index (χ0n) is 15.1. The summed E-state index contributed by atoms with van der Waals surface area (Å²) in [7, 11) is 0. The molecule has 5 nitrogen and oxygen atoms in total. The Bertz CT molecular complexity index is 333. The average molecular weight is 312 g/mol. The lowest BCUT2D eigenvalue weighted by Crippen LogP contribution is -2.17. The van der Waals surface area contributed by atoms with Gasteiger partial charge in [0.05, 0.1) is 5.69 Å². The molecule has 0 amide bonds. The van der Waals surface area contributed by atoms with Crippen LogP contribution in [0.3, 0.4) is 0 Å². The fourth-order valence-corrected chi connectivity index (χ4v) is 1.90. The maximum absolute atomic E-state index is 5.45. The smallest absolute Gasteiger partial charge is 0.0796 e. The molecule has 0 aliphatic carbocycles. The predicted molar refractivity (Wildman–Crippen MR) is 94.9 cm³/mol. The Labute approximate surface area is 137 Å². The first-order valence-corrected chi connectivity index (χ1v) is 8.83. The Hall–Kier alpha value is -0.940. The van der Waals surface area contributed by atoms with Crippen molar-refractivity contribution in [2.24, 2.45) is 11.7 Å². The zero-order valence-corrected chi connectivity index (χ0v) is 15.1. The molecule has 1 aromatic heterocycles. The number of hydrogen-bond donors (Lipinski definition) is 2. The Balaban J connectivity index is 0.000000980. The van der Waals surface area contributed by atoms with Crippen LogP contribution in [-0.4, -0.2) is 34.6 Å². The van der Waals surface area contributed by atoms with Crippen LogP contribution in [0.25, 0.3) is 0 Å². The van der Waals surface area contributed by atoms with Crippen LogP contribution in [-0.2, 0) is 6.54 Å². The molecule has 0 radical (unpaired) electrons. The van der Waals surface area contributed by atoms with E-state index in [1.165, 1.54) is 25.7 Å². The standard InChI is InChI=1S/C13H27N5.C4H10/c1-13-12-18(17-16-13)11-7-6-10-15-9-5-3-2-4-8-14;1-4(2)3/h12,15H,2-11,14H2,1H3;4H,1-3H3. The van der Waals surface area contributed by atoms with Crippen LogP contribution in [0.1, 0.15) is 65.0 Å². The minimum absolute atomic E-state index is 0.829. The highest BCUT2D eigenvalue weighted by Crippen LogP contribution is 1.98. The second-order valence-corrected chi connectivity index (χ2v) is 6.52. The van der Waals surface area contributed by atoms with Gasteiger partial charge < -0.3 is 11.1 Å². The van der Waals surface area contributed by atoms with E-state index in [1.54, 1.807) is 0 Å². The van der Waals surface area contributed by atoms with Gasteiger partial charge >= 0.3 is 0 Å². The fraction of sp³-hybridized carbons (Fsp3) is 0.882. The lowest BCUT2D eigenvalue weighted by Gasteiger charge is -2.04. The van der Waals surface area contributed by atoms with E-state index in [-0.39, 0.29) is 0 Å². The third-order valence-corrected chi connectivity index (χ3v) is 2.95. The average Bonchev–Trinajstić information content (AvgIpc) is 2.86. The molecular formula is C17H37N5. The van der Waals surface area contributed by atoms with E-state index in [2.05, 4.69) is 36.4 Å². The van der Waals surface area contributed by atoms with Gasteiger partial charge in [0.2, 0.25) is 0 Å². The van der Waals surface area contributed by atoms with Crippen LogP contribution < -0.4 is 11.1 Å². The summed E-state index contributed by atoms with van der Waals surface area (Å²) in [6.45, 7) is 12.5. The molecule has 22 heavy (non-hydrogen) atoms. The van der Waals surface area contributed by atoms with Crippen LogP contribution >= 0.6 is 0 Å². The maximum atomic E-state index is 5.45. The summed E-state index contributed by atoms with van der Waals surface area (Å²) in [6.07, 6.45) is 9.33. The molecule has 3 N–H and O–H groups in total. The van der Waals surface area contributed by atoms with Crippen LogP contribution in [0.2, 0.25) is 0 Å². The van der Waals surface area contributed by atoms with E-state index < -0.39 is 0 Å². The highest BCUT2D eigenvalue weighted by atomic mass is 15.4.